The number of benzene rings is 2. The third-order valence-electron chi connectivity index (χ3n) is 4.67. The summed E-state index contributed by atoms with van der Waals surface area (Å²) >= 11 is 2.88. The van der Waals surface area contributed by atoms with Crippen LogP contribution in [-0.4, -0.2) is 33.0 Å². The van der Waals surface area contributed by atoms with Crippen LogP contribution in [0.2, 0.25) is 0 Å². The number of nitrogens with zero attached hydrogens (tertiary/aromatic N) is 1. The second kappa shape index (κ2) is 10.1. The molecule has 0 radical (unpaired) electrons. The zero-order valence-corrected chi connectivity index (χ0v) is 18.3. The summed E-state index contributed by atoms with van der Waals surface area (Å²) in [6.07, 6.45) is 2.50. The maximum atomic E-state index is 13.8. The van der Waals surface area contributed by atoms with Gasteiger partial charge in [0.2, 0.25) is 10.0 Å². The van der Waals surface area contributed by atoms with Gasteiger partial charge in [0.1, 0.15) is 16.5 Å². The van der Waals surface area contributed by atoms with E-state index in [1.807, 2.05) is 6.07 Å². The molecule has 9 heteroatoms. The van der Waals surface area contributed by atoms with Gasteiger partial charge in [-0.05, 0) is 58.9 Å². The monoisotopic (exact) mass is 494 g/mol. The van der Waals surface area contributed by atoms with E-state index in [9.17, 15) is 17.2 Å². The van der Waals surface area contributed by atoms with E-state index in [-0.39, 0.29) is 23.4 Å². The minimum atomic E-state index is -4.01. The van der Waals surface area contributed by atoms with Gasteiger partial charge in [0.15, 0.2) is 0 Å². The fourth-order valence-corrected chi connectivity index (χ4v) is 4.85. The van der Waals surface area contributed by atoms with E-state index in [1.165, 1.54) is 11.1 Å². The van der Waals surface area contributed by atoms with Crippen molar-refractivity contribution < 1.29 is 17.2 Å². The summed E-state index contributed by atoms with van der Waals surface area (Å²) in [4.78, 5) is 1.80. The van der Waals surface area contributed by atoms with Gasteiger partial charge >= 0.3 is 0 Å². The Hall–Kier alpha value is -1.06. The Morgan fingerprint density at radius 1 is 1.07 bits per heavy atom. The molecular formula is C19H22BrClF2N2O2S. The van der Waals surface area contributed by atoms with E-state index >= 15 is 0 Å². The molecule has 0 bridgehead atoms. The molecule has 2 aromatic rings. The number of sulfonamides is 1. The van der Waals surface area contributed by atoms with Crippen molar-refractivity contribution >= 4 is 38.4 Å². The predicted octanol–water partition coefficient (Wildman–Crippen LogP) is 4.27. The first kappa shape index (κ1) is 23.2. The molecule has 154 valence electrons. The summed E-state index contributed by atoms with van der Waals surface area (Å²) in [6.45, 7) is 3.00. The first-order chi connectivity index (χ1) is 12.9. The summed E-state index contributed by atoms with van der Waals surface area (Å²) < 4.78 is 53.8. The zero-order chi connectivity index (χ0) is 19.4. The van der Waals surface area contributed by atoms with E-state index in [0.29, 0.717) is 12.5 Å². The average molecular weight is 496 g/mol. The molecule has 0 saturated heterocycles. The molecule has 0 spiro atoms. The molecule has 0 atom stereocenters. The molecule has 1 aliphatic rings. The SMILES string of the molecule is Cl.O=S(=O)(NCCCCN1CCc2ccccc2C1)c1cc(Br)c(F)cc1F. The molecule has 0 amide bonds. The molecule has 0 aliphatic carbocycles. The van der Waals surface area contributed by atoms with Gasteiger partial charge in [0, 0.05) is 25.7 Å². The van der Waals surface area contributed by atoms with Gasteiger partial charge in [-0.1, -0.05) is 24.3 Å². The number of halogens is 4. The molecule has 1 heterocycles. The van der Waals surface area contributed by atoms with E-state index in [2.05, 4.69) is 43.8 Å². The Kier molecular flexibility index (Phi) is 8.39. The van der Waals surface area contributed by atoms with E-state index in [0.717, 1.165) is 38.5 Å². The molecule has 0 saturated carbocycles. The van der Waals surface area contributed by atoms with Crippen molar-refractivity contribution in [2.24, 2.45) is 0 Å². The normalized spacial score (nSPS) is 14.4. The maximum Gasteiger partial charge on any atom is 0.243 e. The quantitative estimate of drug-likeness (QED) is 0.461. The molecule has 28 heavy (non-hydrogen) atoms. The third kappa shape index (κ3) is 5.73. The highest BCUT2D eigenvalue weighted by Crippen LogP contribution is 2.23. The van der Waals surface area contributed by atoms with Gasteiger partial charge in [-0.2, -0.15) is 0 Å². The minimum Gasteiger partial charge on any atom is -0.299 e. The van der Waals surface area contributed by atoms with Crippen molar-refractivity contribution in [3.63, 3.8) is 0 Å². The highest BCUT2D eigenvalue weighted by Gasteiger charge is 2.21. The lowest BCUT2D eigenvalue weighted by molar-refractivity contribution is 0.249. The highest BCUT2D eigenvalue weighted by molar-refractivity contribution is 9.10. The van der Waals surface area contributed by atoms with Crippen LogP contribution in [0.1, 0.15) is 24.0 Å². The Morgan fingerprint density at radius 2 is 1.79 bits per heavy atom. The van der Waals surface area contributed by atoms with Gasteiger partial charge in [-0.25, -0.2) is 21.9 Å². The Bertz CT molecular complexity index is 928. The second-order valence-corrected chi connectivity index (χ2v) is 9.19. The molecular weight excluding hydrogens is 474 g/mol. The third-order valence-corrected chi connectivity index (χ3v) is 6.75. The van der Waals surface area contributed by atoms with E-state index in [1.54, 1.807) is 0 Å². The second-order valence-electron chi connectivity index (χ2n) is 6.60. The topological polar surface area (TPSA) is 49.4 Å². The van der Waals surface area contributed by atoms with Gasteiger partial charge in [0.25, 0.3) is 0 Å². The van der Waals surface area contributed by atoms with Gasteiger partial charge in [0.05, 0.1) is 4.47 Å². The molecule has 4 nitrogen and oxygen atoms in total. The minimum absolute atomic E-state index is 0. The summed E-state index contributed by atoms with van der Waals surface area (Å²) in [6, 6.07) is 9.91. The Labute approximate surface area is 178 Å². The van der Waals surface area contributed by atoms with Crippen LogP contribution in [0.5, 0.6) is 0 Å². The van der Waals surface area contributed by atoms with Crippen LogP contribution in [-0.2, 0) is 23.0 Å². The van der Waals surface area contributed by atoms with Crippen LogP contribution in [0, 0.1) is 11.6 Å². The molecule has 0 fully saturated rings. The highest BCUT2D eigenvalue weighted by atomic mass is 79.9. The molecule has 0 unspecified atom stereocenters. The van der Waals surface area contributed by atoms with Crippen LogP contribution in [0.4, 0.5) is 8.78 Å². The number of hydrogen-bond acceptors (Lipinski definition) is 3. The van der Waals surface area contributed by atoms with Crippen LogP contribution in [0.3, 0.4) is 0 Å². The van der Waals surface area contributed by atoms with Crippen molar-refractivity contribution in [2.45, 2.75) is 30.7 Å². The predicted molar refractivity (Wildman–Crippen MR) is 111 cm³/mol. The van der Waals surface area contributed by atoms with Crippen molar-refractivity contribution in [1.82, 2.24) is 9.62 Å². The number of rotatable bonds is 7. The van der Waals surface area contributed by atoms with Crippen LogP contribution in [0.25, 0.3) is 0 Å². The smallest absolute Gasteiger partial charge is 0.243 e. The van der Waals surface area contributed by atoms with Gasteiger partial charge in [-0.3, -0.25) is 4.90 Å². The van der Waals surface area contributed by atoms with Crippen LogP contribution >= 0.6 is 28.3 Å². The van der Waals surface area contributed by atoms with Crippen molar-refractivity contribution in [1.29, 1.82) is 0 Å². The average Bonchev–Trinajstić information content (AvgIpc) is 2.64. The van der Waals surface area contributed by atoms with Crippen molar-refractivity contribution in [3.05, 3.63) is 63.6 Å². The van der Waals surface area contributed by atoms with E-state index < -0.39 is 26.6 Å². The number of fused-ring (bicyclic) bond motifs is 1. The maximum absolute atomic E-state index is 13.8. The Balaban J connectivity index is 0.00000280. The van der Waals surface area contributed by atoms with E-state index in [4.69, 9.17) is 0 Å². The summed E-state index contributed by atoms with van der Waals surface area (Å²) in [5.74, 6) is -1.94. The van der Waals surface area contributed by atoms with Crippen molar-refractivity contribution in [3.8, 4) is 0 Å². The number of unbranched alkanes of at least 4 members (excludes halogenated alkanes) is 1. The standard InChI is InChI=1S/C19H21BrF2N2O2S.ClH/c20-16-11-19(18(22)12-17(16)21)27(25,26)23-8-3-4-9-24-10-7-14-5-1-2-6-15(14)13-24;/h1-2,5-6,11-12,23H,3-4,7-10,13H2;1H. The first-order valence-corrected chi connectivity index (χ1v) is 11.1. The van der Waals surface area contributed by atoms with Crippen LogP contribution < -0.4 is 4.72 Å². The van der Waals surface area contributed by atoms with Crippen molar-refractivity contribution in [2.75, 3.05) is 19.6 Å². The zero-order valence-electron chi connectivity index (χ0n) is 15.1. The molecule has 0 aromatic heterocycles. The fraction of sp³-hybridized carbons (Fsp3) is 0.368. The number of hydrogen-bond donors (Lipinski definition) is 1. The molecule has 3 rings (SSSR count). The number of nitrogens with one attached hydrogen (secondary N) is 1. The molecule has 1 N–H and O–H groups in total. The lowest BCUT2D eigenvalue weighted by Gasteiger charge is -2.28. The lowest BCUT2D eigenvalue weighted by Crippen LogP contribution is -2.32. The van der Waals surface area contributed by atoms with Crippen LogP contribution in [0.15, 0.2) is 45.8 Å². The first-order valence-electron chi connectivity index (χ1n) is 8.80. The van der Waals surface area contributed by atoms with Gasteiger partial charge < -0.3 is 0 Å². The largest absolute Gasteiger partial charge is 0.299 e. The summed E-state index contributed by atoms with van der Waals surface area (Å²) in [7, 11) is -4.01. The lowest BCUT2D eigenvalue weighted by atomic mass is 10.00. The summed E-state index contributed by atoms with van der Waals surface area (Å²) in [5.41, 5.74) is 2.75. The Morgan fingerprint density at radius 3 is 2.54 bits per heavy atom. The molecule has 1 aliphatic heterocycles. The fourth-order valence-electron chi connectivity index (χ4n) is 3.20. The summed E-state index contributed by atoms with van der Waals surface area (Å²) in [5, 5.41) is 0. The molecule has 2 aromatic carbocycles. The van der Waals surface area contributed by atoms with Gasteiger partial charge in [-0.15, -0.1) is 12.4 Å².